The van der Waals surface area contributed by atoms with Crippen LogP contribution < -0.4 is 15.4 Å². The van der Waals surface area contributed by atoms with Crippen LogP contribution in [-0.4, -0.2) is 36.4 Å². The lowest BCUT2D eigenvalue weighted by molar-refractivity contribution is 0.289. The summed E-state index contributed by atoms with van der Waals surface area (Å²) in [7, 11) is 0. The zero-order chi connectivity index (χ0) is 13.0. The van der Waals surface area contributed by atoms with Gasteiger partial charge in [0, 0.05) is 13.1 Å². The maximum atomic E-state index is 9.01. The van der Waals surface area contributed by atoms with Gasteiger partial charge in [0.05, 0.1) is 18.9 Å². The molecule has 0 atom stereocenters. The first-order valence-electron chi connectivity index (χ1n) is 6.49. The third-order valence-corrected chi connectivity index (χ3v) is 3.10. The zero-order valence-electron chi connectivity index (χ0n) is 10.8. The highest BCUT2D eigenvalue weighted by Gasteiger charge is 2.22. The van der Waals surface area contributed by atoms with Crippen LogP contribution >= 0.6 is 0 Å². The van der Waals surface area contributed by atoms with Crippen LogP contribution in [-0.2, 0) is 0 Å². The second-order valence-corrected chi connectivity index (χ2v) is 4.62. The molecule has 1 aromatic rings. The summed E-state index contributed by atoms with van der Waals surface area (Å²) < 4.78 is 5.65. The summed E-state index contributed by atoms with van der Waals surface area (Å²) in [5.74, 6) is 1.98. The summed E-state index contributed by atoms with van der Waals surface area (Å²) >= 11 is 0. The fourth-order valence-corrected chi connectivity index (χ4v) is 1.77. The molecule has 0 amide bonds. The molecule has 0 saturated heterocycles. The van der Waals surface area contributed by atoms with E-state index < -0.39 is 0 Å². The topological polar surface area (TPSA) is 71.6 Å². The van der Waals surface area contributed by atoms with Gasteiger partial charge in [-0.05, 0) is 37.8 Å². The number of anilines is 2. The van der Waals surface area contributed by atoms with E-state index in [1.807, 2.05) is 24.0 Å². The number of hydrogen-bond acceptors (Lipinski definition) is 5. The molecule has 2 rings (SSSR count). The van der Waals surface area contributed by atoms with E-state index in [9.17, 15) is 0 Å². The number of aliphatic hydroxyl groups is 1. The molecule has 1 aromatic heterocycles. The van der Waals surface area contributed by atoms with Crippen LogP contribution in [0.5, 0.6) is 5.88 Å². The summed E-state index contributed by atoms with van der Waals surface area (Å²) in [5.41, 5.74) is 6.43. The van der Waals surface area contributed by atoms with Crippen molar-refractivity contribution in [2.45, 2.75) is 19.8 Å². The first-order valence-corrected chi connectivity index (χ1v) is 6.49. The number of hydrogen-bond donors (Lipinski definition) is 2. The van der Waals surface area contributed by atoms with Gasteiger partial charge in [-0.2, -0.15) is 4.98 Å². The molecule has 5 nitrogen and oxygen atoms in total. The van der Waals surface area contributed by atoms with Gasteiger partial charge in [0.1, 0.15) is 5.82 Å². The molecule has 0 aromatic carbocycles. The fourth-order valence-electron chi connectivity index (χ4n) is 1.77. The van der Waals surface area contributed by atoms with Crippen molar-refractivity contribution in [1.82, 2.24) is 4.98 Å². The minimum Gasteiger partial charge on any atom is -0.476 e. The average molecular weight is 251 g/mol. The number of aliphatic hydroxyl groups excluding tert-OH is 1. The number of aromatic nitrogens is 1. The van der Waals surface area contributed by atoms with Crippen molar-refractivity contribution in [2.75, 3.05) is 36.9 Å². The second kappa shape index (κ2) is 5.91. The number of likely N-dealkylation sites (N-methyl/N-ethyl adjacent to an activating group) is 1. The summed E-state index contributed by atoms with van der Waals surface area (Å²) in [5, 5.41) is 9.01. The predicted octanol–water partition coefficient (Wildman–Crippen LogP) is 1.27. The highest BCUT2D eigenvalue weighted by molar-refractivity contribution is 5.54. The van der Waals surface area contributed by atoms with Gasteiger partial charge in [-0.1, -0.05) is 0 Å². The predicted molar refractivity (Wildman–Crippen MR) is 71.8 cm³/mol. The fraction of sp³-hybridized carbons (Fsp3) is 0.615. The van der Waals surface area contributed by atoms with Crippen LogP contribution in [0.1, 0.15) is 19.8 Å². The number of nitrogen functional groups attached to an aromatic ring is 1. The molecule has 0 spiro atoms. The lowest BCUT2D eigenvalue weighted by Crippen LogP contribution is -2.27. The van der Waals surface area contributed by atoms with E-state index >= 15 is 0 Å². The Labute approximate surface area is 108 Å². The number of pyridine rings is 1. The molecule has 18 heavy (non-hydrogen) atoms. The standard InChI is InChI=1S/C13H21N3O2/c1-2-16(7-8-17)12-6-5-11(14)13(15-12)18-9-10-3-4-10/h5-6,10,17H,2-4,7-9,14H2,1H3. The van der Waals surface area contributed by atoms with Crippen molar-refractivity contribution in [1.29, 1.82) is 0 Å². The maximum Gasteiger partial charge on any atom is 0.239 e. The van der Waals surface area contributed by atoms with Crippen molar-refractivity contribution in [2.24, 2.45) is 5.92 Å². The van der Waals surface area contributed by atoms with E-state index in [-0.39, 0.29) is 6.61 Å². The molecule has 1 saturated carbocycles. The Bertz CT molecular complexity index is 394. The van der Waals surface area contributed by atoms with Crippen molar-refractivity contribution in [3.8, 4) is 5.88 Å². The lowest BCUT2D eigenvalue weighted by Gasteiger charge is -2.21. The number of nitrogens with zero attached hydrogens (tertiary/aromatic N) is 2. The highest BCUT2D eigenvalue weighted by Crippen LogP contribution is 2.31. The van der Waals surface area contributed by atoms with Gasteiger partial charge in [-0.3, -0.25) is 0 Å². The van der Waals surface area contributed by atoms with Gasteiger partial charge in [0.2, 0.25) is 5.88 Å². The first kappa shape index (κ1) is 13.0. The normalized spacial score (nSPS) is 14.6. The van der Waals surface area contributed by atoms with Gasteiger partial charge in [0.25, 0.3) is 0 Å². The molecule has 0 unspecified atom stereocenters. The summed E-state index contributed by atoms with van der Waals surface area (Å²) in [4.78, 5) is 6.42. The van der Waals surface area contributed by atoms with Gasteiger partial charge >= 0.3 is 0 Å². The maximum absolute atomic E-state index is 9.01. The molecule has 0 radical (unpaired) electrons. The Morgan fingerprint density at radius 2 is 2.28 bits per heavy atom. The van der Waals surface area contributed by atoms with E-state index in [0.717, 1.165) is 12.4 Å². The Kier molecular flexibility index (Phi) is 4.25. The van der Waals surface area contributed by atoms with E-state index in [1.165, 1.54) is 12.8 Å². The molecule has 0 bridgehead atoms. The molecule has 100 valence electrons. The van der Waals surface area contributed by atoms with Gasteiger partial charge in [-0.25, -0.2) is 0 Å². The Morgan fingerprint density at radius 1 is 1.50 bits per heavy atom. The molecule has 0 aliphatic heterocycles. The number of ether oxygens (including phenoxy) is 1. The van der Waals surface area contributed by atoms with E-state index in [1.54, 1.807) is 0 Å². The van der Waals surface area contributed by atoms with Crippen molar-refractivity contribution in [3.63, 3.8) is 0 Å². The van der Waals surface area contributed by atoms with Crippen molar-refractivity contribution >= 4 is 11.5 Å². The minimum atomic E-state index is 0.109. The smallest absolute Gasteiger partial charge is 0.239 e. The Hall–Kier alpha value is -1.49. The molecular weight excluding hydrogens is 230 g/mol. The van der Waals surface area contributed by atoms with Crippen LogP contribution in [0.25, 0.3) is 0 Å². The minimum absolute atomic E-state index is 0.109. The molecular formula is C13H21N3O2. The first-order chi connectivity index (χ1) is 8.74. The zero-order valence-corrected chi connectivity index (χ0v) is 10.8. The summed E-state index contributed by atoms with van der Waals surface area (Å²) in [6.07, 6.45) is 2.48. The molecule has 5 heteroatoms. The van der Waals surface area contributed by atoms with Crippen molar-refractivity contribution in [3.05, 3.63) is 12.1 Å². The van der Waals surface area contributed by atoms with Crippen LogP contribution in [0, 0.1) is 5.92 Å². The second-order valence-electron chi connectivity index (χ2n) is 4.62. The molecule has 1 aliphatic rings. The average Bonchev–Trinajstić information content (AvgIpc) is 3.19. The highest BCUT2D eigenvalue weighted by atomic mass is 16.5. The van der Waals surface area contributed by atoms with Gasteiger partial charge in [-0.15, -0.1) is 0 Å². The van der Waals surface area contributed by atoms with E-state index in [2.05, 4.69) is 4.98 Å². The SMILES string of the molecule is CCN(CCO)c1ccc(N)c(OCC2CC2)n1. The largest absolute Gasteiger partial charge is 0.476 e. The Morgan fingerprint density at radius 3 is 2.89 bits per heavy atom. The van der Waals surface area contributed by atoms with Crippen LogP contribution in [0.15, 0.2) is 12.1 Å². The van der Waals surface area contributed by atoms with E-state index in [0.29, 0.717) is 30.6 Å². The Balaban J connectivity index is 2.07. The summed E-state index contributed by atoms with van der Waals surface area (Å²) in [6.45, 7) is 4.19. The van der Waals surface area contributed by atoms with Gasteiger partial charge in [0.15, 0.2) is 0 Å². The van der Waals surface area contributed by atoms with Gasteiger partial charge < -0.3 is 20.5 Å². The van der Waals surface area contributed by atoms with E-state index in [4.69, 9.17) is 15.6 Å². The third-order valence-electron chi connectivity index (χ3n) is 3.10. The lowest BCUT2D eigenvalue weighted by atomic mass is 10.3. The van der Waals surface area contributed by atoms with Crippen LogP contribution in [0.4, 0.5) is 11.5 Å². The van der Waals surface area contributed by atoms with Crippen molar-refractivity contribution < 1.29 is 9.84 Å². The molecule has 3 N–H and O–H groups in total. The molecule has 1 fully saturated rings. The van der Waals surface area contributed by atoms with Crippen LogP contribution in [0.2, 0.25) is 0 Å². The molecule has 1 heterocycles. The quantitative estimate of drug-likeness (QED) is 0.763. The third kappa shape index (κ3) is 3.26. The van der Waals surface area contributed by atoms with Crippen LogP contribution in [0.3, 0.4) is 0 Å². The molecule has 1 aliphatic carbocycles. The number of rotatable bonds is 7. The summed E-state index contributed by atoms with van der Waals surface area (Å²) in [6, 6.07) is 3.67. The monoisotopic (exact) mass is 251 g/mol. The number of nitrogens with two attached hydrogens (primary N) is 1.